The summed E-state index contributed by atoms with van der Waals surface area (Å²) in [6.45, 7) is 11.8. The predicted molar refractivity (Wildman–Crippen MR) is 130 cm³/mol. The zero-order valence-corrected chi connectivity index (χ0v) is 20.9. The molecule has 0 heterocycles. The molecule has 1 atom stereocenters. The van der Waals surface area contributed by atoms with Crippen LogP contribution < -0.4 is 5.32 Å². The van der Waals surface area contributed by atoms with Gasteiger partial charge in [-0.25, -0.2) is 0 Å². The average molecular weight is 425 g/mol. The van der Waals surface area contributed by atoms with Crippen LogP contribution in [-0.2, 0) is 9.59 Å². The molecule has 178 valence electrons. The third-order valence-electron chi connectivity index (χ3n) is 5.92. The number of hydrogen-bond donors (Lipinski definition) is 1. The highest BCUT2D eigenvalue weighted by Crippen LogP contribution is 2.13. The van der Waals surface area contributed by atoms with Gasteiger partial charge in [-0.1, -0.05) is 97.8 Å². The topological polar surface area (TPSA) is 49.4 Å². The van der Waals surface area contributed by atoms with Gasteiger partial charge in [0.05, 0.1) is 0 Å². The van der Waals surface area contributed by atoms with Gasteiger partial charge in [-0.2, -0.15) is 0 Å². The van der Waals surface area contributed by atoms with Gasteiger partial charge in [-0.05, 0) is 32.6 Å². The summed E-state index contributed by atoms with van der Waals surface area (Å²) < 4.78 is 0. The minimum atomic E-state index is -0.376. The van der Waals surface area contributed by atoms with Crippen molar-refractivity contribution in [2.75, 3.05) is 13.1 Å². The normalized spacial score (nSPS) is 12.2. The van der Waals surface area contributed by atoms with Crippen molar-refractivity contribution in [3.63, 3.8) is 0 Å². The summed E-state index contributed by atoms with van der Waals surface area (Å²) in [6.07, 6.45) is 18.2. The molecule has 0 aliphatic rings. The number of rotatable bonds is 20. The Morgan fingerprint density at radius 3 is 1.53 bits per heavy atom. The monoisotopic (exact) mass is 424 g/mol. The van der Waals surface area contributed by atoms with E-state index in [0.717, 1.165) is 12.8 Å². The Morgan fingerprint density at radius 1 is 0.700 bits per heavy atom. The minimum absolute atomic E-state index is 0.0317. The molecule has 4 heteroatoms. The van der Waals surface area contributed by atoms with Gasteiger partial charge in [0.1, 0.15) is 6.04 Å². The molecule has 2 amide bonds. The van der Waals surface area contributed by atoms with E-state index >= 15 is 0 Å². The predicted octanol–water partition coefficient (Wildman–Crippen LogP) is 6.87. The number of unbranched alkanes of at least 4 members (excludes halogenated alkanes) is 12. The van der Waals surface area contributed by atoms with E-state index in [-0.39, 0.29) is 17.9 Å². The highest BCUT2D eigenvalue weighted by atomic mass is 16.2. The molecule has 0 radical (unpaired) electrons. The van der Waals surface area contributed by atoms with E-state index in [2.05, 4.69) is 26.1 Å². The third-order valence-corrected chi connectivity index (χ3v) is 5.92. The van der Waals surface area contributed by atoms with Crippen molar-refractivity contribution >= 4 is 11.8 Å². The van der Waals surface area contributed by atoms with Gasteiger partial charge < -0.3 is 10.2 Å². The second-order valence-electron chi connectivity index (χ2n) is 9.25. The molecule has 0 aliphatic carbocycles. The largest absolute Gasteiger partial charge is 0.344 e. The van der Waals surface area contributed by atoms with E-state index in [4.69, 9.17) is 0 Å². The molecule has 1 N–H and O–H groups in total. The van der Waals surface area contributed by atoms with Crippen LogP contribution in [0.4, 0.5) is 0 Å². The molecule has 0 fully saturated rings. The highest BCUT2D eigenvalue weighted by Gasteiger charge is 2.25. The van der Waals surface area contributed by atoms with Crippen LogP contribution in [0.15, 0.2) is 0 Å². The van der Waals surface area contributed by atoms with Gasteiger partial charge in [0.25, 0.3) is 0 Å². The van der Waals surface area contributed by atoms with Crippen LogP contribution in [0.1, 0.15) is 131 Å². The molecule has 0 rings (SSSR count). The lowest BCUT2D eigenvalue weighted by Crippen LogP contribution is -2.49. The van der Waals surface area contributed by atoms with E-state index in [9.17, 15) is 9.59 Å². The first-order valence-electron chi connectivity index (χ1n) is 13.0. The van der Waals surface area contributed by atoms with Crippen LogP contribution in [0.25, 0.3) is 0 Å². The van der Waals surface area contributed by atoms with Crippen LogP contribution in [0, 0.1) is 5.92 Å². The Kier molecular flexibility index (Phi) is 19.2. The Morgan fingerprint density at radius 2 is 1.13 bits per heavy atom. The second-order valence-corrected chi connectivity index (χ2v) is 9.25. The molecule has 0 saturated heterocycles. The van der Waals surface area contributed by atoms with E-state index in [1.54, 1.807) is 0 Å². The SMILES string of the molecule is CCCCCCCCCCCCCCCC(=O)N[C@@H](CC(C)C)C(=O)N(CC)CC. The molecule has 0 spiro atoms. The van der Waals surface area contributed by atoms with Crippen molar-refractivity contribution in [3.05, 3.63) is 0 Å². The van der Waals surface area contributed by atoms with Crippen LogP contribution in [0.3, 0.4) is 0 Å². The number of nitrogens with one attached hydrogen (secondary N) is 1. The number of carbonyl (C=O) groups is 2. The first-order valence-corrected chi connectivity index (χ1v) is 13.0. The molecule has 30 heavy (non-hydrogen) atoms. The molecular formula is C26H52N2O2. The van der Waals surface area contributed by atoms with E-state index in [1.807, 2.05) is 18.7 Å². The van der Waals surface area contributed by atoms with E-state index in [1.165, 1.54) is 70.6 Å². The van der Waals surface area contributed by atoms with Crippen molar-refractivity contribution in [1.29, 1.82) is 0 Å². The Bertz CT molecular complexity index is 419. The molecule has 0 aliphatic heterocycles. The van der Waals surface area contributed by atoms with Crippen molar-refractivity contribution < 1.29 is 9.59 Å². The molecule has 0 unspecified atom stereocenters. The number of nitrogens with zero attached hydrogens (tertiary/aromatic N) is 1. The van der Waals surface area contributed by atoms with Gasteiger partial charge >= 0.3 is 0 Å². The van der Waals surface area contributed by atoms with Gasteiger partial charge in [0.15, 0.2) is 0 Å². The van der Waals surface area contributed by atoms with Gasteiger partial charge in [-0.3, -0.25) is 9.59 Å². The fourth-order valence-electron chi connectivity index (χ4n) is 4.02. The Balaban J connectivity index is 3.84. The maximum atomic E-state index is 12.7. The second kappa shape index (κ2) is 19.9. The maximum absolute atomic E-state index is 12.7. The van der Waals surface area contributed by atoms with Crippen LogP contribution in [0.2, 0.25) is 0 Å². The summed E-state index contributed by atoms with van der Waals surface area (Å²) in [5.41, 5.74) is 0. The third kappa shape index (κ3) is 15.7. The number of hydrogen-bond acceptors (Lipinski definition) is 2. The fraction of sp³-hybridized carbons (Fsp3) is 0.923. The van der Waals surface area contributed by atoms with Crippen molar-refractivity contribution in [1.82, 2.24) is 10.2 Å². The molecule has 0 aromatic rings. The number of amides is 2. The van der Waals surface area contributed by atoms with Crippen LogP contribution >= 0.6 is 0 Å². The maximum Gasteiger partial charge on any atom is 0.245 e. The lowest BCUT2D eigenvalue weighted by molar-refractivity contribution is -0.136. The Labute approximate surface area is 187 Å². The molecule has 0 saturated carbocycles. The van der Waals surface area contributed by atoms with Crippen molar-refractivity contribution in [2.45, 2.75) is 137 Å². The number of likely N-dealkylation sites (N-methyl/N-ethyl adjacent to an activating group) is 1. The van der Waals surface area contributed by atoms with Gasteiger partial charge in [0, 0.05) is 19.5 Å². The quantitative estimate of drug-likeness (QED) is 0.217. The minimum Gasteiger partial charge on any atom is -0.344 e. The first-order chi connectivity index (χ1) is 14.5. The molecule has 0 bridgehead atoms. The lowest BCUT2D eigenvalue weighted by atomic mass is 10.0. The van der Waals surface area contributed by atoms with Gasteiger partial charge in [0.2, 0.25) is 11.8 Å². The first kappa shape index (κ1) is 28.9. The number of carbonyl (C=O) groups excluding carboxylic acids is 2. The highest BCUT2D eigenvalue weighted by molar-refractivity contribution is 5.87. The zero-order valence-electron chi connectivity index (χ0n) is 20.9. The van der Waals surface area contributed by atoms with E-state index in [0.29, 0.717) is 31.8 Å². The van der Waals surface area contributed by atoms with E-state index < -0.39 is 0 Å². The summed E-state index contributed by atoms with van der Waals surface area (Å²) in [4.78, 5) is 26.9. The van der Waals surface area contributed by atoms with Gasteiger partial charge in [-0.15, -0.1) is 0 Å². The summed E-state index contributed by atoms with van der Waals surface area (Å²) in [5, 5.41) is 3.01. The summed E-state index contributed by atoms with van der Waals surface area (Å²) in [7, 11) is 0. The smallest absolute Gasteiger partial charge is 0.245 e. The fourth-order valence-corrected chi connectivity index (χ4v) is 4.02. The molecule has 0 aromatic heterocycles. The summed E-state index contributed by atoms with van der Waals surface area (Å²) in [5.74, 6) is 0.475. The summed E-state index contributed by atoms with van der Waals surface area (Å²) >= 11 is 0. The standard InChI is InChI=1S/C26H52N2O2/c1-6-9-10-11-12-13-14-15-16-17-18-19-20-21-25(29)27-24(22-23(4)5)26(30)28(7-2)8-3/h23-24H,6-22H2,1-5H3,(H,27,29)/t24-/m0/s1. The van der Waals surface area contributed by atoms with Crippen LogP contribution in [0.5, 0.6) is 0 Å². The Hall–Kier alpha value is -1.06. The average Bonchev–Trinajstić information content (AvgIpc) is 2.71. The molecule has 4 nitrogen and oxygen atoms in total. The molecular weight excluding hydrogens is 372 g/mol. The molecule has 0 aromatic carbocycles. The van der Waals surface area contributed by atoms with Crippen molar-refractivity contribution in [2.24, 2.45) is 5.92 Å². The summed E-state index contributed by atoms with van der Waals surface area (Å²) in [6, 6.07) is -0.376. The zero-order chi connectivity index (χ0) is 22.6. The lowest BCUT2D eigenvalue weighted by Gasteiger charge is -2.27. The van der Waals surface area contributed by atoms with Crippen molar-refractivity contribution in [3.8, 4) is 0 Å². The van der Waals surface area contributed by atoms with Crippen LogP contribution in [-0.4, -0.2) is 35.8 Å².